The second-order valence-electron chi connectivity index (χ2n) is 14.4. The molecule has 2 nitrogen and oxygen atoms in total. The van der Waals surface area contributed by atoms with Crippen LogP contribution in [0, 0.1) is 0 Å². The Hall–Kier alpha value is -7.16. The van der Waals surface area contributed by atoms with Crippen molar-refractivity contribution in [2.45, 2.75) is 0 Å². The number of benzene rings is 10. The predicted molar refractivity (Wildman–Crippen MR) is 230 cm³/mol. The van der Waals surface area contributed by atoms with Gasteiger partial charge in [0.2, 0.25) is 0 Å². The second kappa shape index (κ2) is 11.2. The first kappa shape index (κ1) is 29.4. The maximum absolute atomic E-state index is 6.49. The standard InChI is InChI=1S/C52H31NO/c1-2-10-32(11-3-1)33-24-26-37(27-25-33)53(38-28-29-40-39-15-4-5-21-47(39)54-48(40)31-38)46-30-36-14-8-18-42-41-16-6-12-34-22-23-35-13-7-17-43(50(35)49(34)41)44-19-9-20-45(46)52(44)51(36)42/h1-31H. The third-order valence-electron chi connectivity index (χ3n) is 11.5. The molecule has 12 aromatic rings. The van der Waals surface area contributed by atoms with E-state index in [0.29, 0.717) is 0 Å². The maximum atomic E-state index is 6.49. The van der Waals surface area contributed by atoms with Crippen molar-refractivity contribution in [1.29, 1.82) is 0 Å². The van der Waals surface area contributed by atoms with Gasteiger partial charge in [-0.25, -0.2) is 0 Å². The summed E-state index contributed by atoms with van der Waals surface area (Å²) in [5.41, 5.74) is 7.40. The molecule has 54 heavy (non-hydrogen) atoms. The molecule has 0 bridgehead atoms. The third kappa shape index (κ3) is 4.17. The average Bonchev–Trinajstić information content (AvgIpc) is 3.61. The average molecular weight is 686 g/mol. The number of rotatable bonds is 4. The van der Waals surface area contributed by atoms with Crippen molar-refractivity contribution in [2.75, 3.05) is 4.90 Å². The molecule has 12 rings (SSSR count). The first-order valence-corrected chi connectivity index (χ1v) is 18.6. The van der Waals surface area contributed by atoms with E-state index < -0.39 is 0 Å². The fourth-order valence-corrected chi connectivity index (χ4v) is 9.18. The first-order valence-electron chi connectivity index (χ1n) is 18.6. The molecule has 0 atom stereocenters. The molecule has 0 spiro atoms. The summed E-state index contributed by atoms with van der Waals surface area (Å²) in [7, 11) is 0. The van der Waals surface area contributed by atoms with Gasteiger partial charge in [-0.2, -0.15) is 0 Å². The molecule has 2 heteroatoms. The van der Waals surface area contributed by atoms with Gasteiger partial charge in [-0.1, -0.05) is 146 Å². The molecule has 0 radical (unpaired) electrons. The van der Waals surface area contributed by atoms with Crippen LogP contribution in [0.1, 0.15) is 0 Å². The Bertz CT molecular complexity index is 3430. The van der Waals surface area contributed by atoms with Crippen LogP contribution in [-0.2, 0) is 0 Å². The van der Waals surface area contributed by atoms with Gasteiger partial charge in [0.1, 0.15) is 11.2 Å². The lowest BCUT2D eigenvalue weighted by Crippen LogP contribution is -2.10. The van der Waals surface area contributed by atoms with Gasteiger partial charge in [0.25, 0.3) is 0 Å². The van der Waals surface area contributed by atoms with E-state index in [0.717, 1.165) is 39.0 Å². The molecule has 0 amide bonds. The van der Waals surface area contributed by atoms with Crippen molar-refractivity contribution >= 4 is 104 Å². The number of nitrogens with zero attached hydrogens (tertiary/aromatic N) is 1. The van der Waals surface area contributed by atoms with Crippen LogP contribution in [0.15, 0.2) is 192 Å². The zero-order chi connectivity index (χ0) is 35.3. The summed E-state index contributed by atoms with van der Waals surface area (Å²) < 4.78 is 6.49. The summed E-state index contributed by atoms with van der Waals surface area (Å²) in [6.07, 6.45) is 0. The number of fused-ring (bicyclic) bond motifs is 5. The van der Waals surface area contributed by atoms with Crippen LogP contribution in [0.2, 0.25) is 0 Å². The van der Waals surface area contributed by atoms with E-state index in [4.69, 9.17) is 4.42 Å². The molecular formula is C52H31NO. The van der Waals surface area contributed by atoms with Crippen LogP contribution in [0.3, 0.4) is 0 Å². The lowest BCUT2D eigenvalue weighted by molar-refractivity contribution is 0.669. The van der Waals surface area contributed by atoms with Gasteiger partial charge >= 0.3 is 0 Å². The Balaban J connectivity index is 1.22. The van der Waals surface area contributed by atoms with Crippen molar-refractivity contribution in [2.24, 2.45) is 0 Å². The Morgan fingerprint density at radius 3 is 1.54 bits per heavy atom. The van der Waals surface area contributed by atoms with Crippen molar-refractivity contribution in [3.8, 4) is 11.1 Å². The maximum Gasteiger partial charge on any atom is 0.137 e. The molecule has 0 saturated carbocycles. The van der Waals surface area contributed by atoms with Gasteiger partial charge in [-0.05, 0) is 101 Å². The molecule has 1 aromatic heterocycles. The van der Waals surface area contributed by atoms with Crippen LogP contribution < -0.4 is 4.90 Å². The highest BCUT2D eigenvalue weighted by atomic mass is 16.3. The van der Waals surface area contributed by atoms with Crippen molar-refractivity contribution in [1.82, 2.24) is 0 Å². The van der Waals surface area contributed by atoms with Gasteiger partial charge in [0.15, 0.2) is 0 Å². The number of hydrogen-bond acceptors (Lipinski definition) is 2. The molecule has 0 fully saturated rings. The third-order valence-corrected chi connectivity index (χ3v) is 11.5. The van der Waals surface area contributed by atoms with Crippen LogP contribution in [0.5, 0.6) is 0 Å². The van der Waals surface area contributed by atoms with E-state index in [2.05, 4.69) is 181 Å². The van der Waals surface area contributed by atoms with Crippen molar-refractivity contribution < 1.29 is 4.42 Å². The highest BCUT2D eigenvalue weighted by Gasteiger charge is 2.22. The van der Waals surface area contributed by atoms with Crippen LogP contribution in [-0.4, -0.2) is 0 Å². The van der Waals surface area contributed by atoms with Gasteiger partial charge in [0, 0.05) is 39.0 Å². The Labute approximate surface area is 311 Å². The fraction of sp³-hybridized carbons (Fsp3) is 0. The van der Waals surface area contributed by atoms with Gasteiger partial charge in [-0.15, -0.1) is 0 Å². The number of hydrogen-bond donors (Lipinski definition) is 0. The quantitative estimate of drug-likeness (QED) is 0.172. The summed E-state index contributed by atoms with van der Waals surface area (Å²) in [5.74, 6) is 0. The van der Waals surface area contributed by atoms with E-state index >= 15 is 0 Å². The molecular weight excluding hydrogens is 655 g/mol. The van der Waals surface area contributed by atoms with Crippen LogP contribution in [0.25, 0.3) is 97.7 Å². The topological polar surface area (TPSA) is 16.4 Å². The lowest BCUT2D eigenvalue weighted by Gasteiger charge is -2.28. The largest absolute Gasteiger partial charge is 0.456 e. The number of anilines is 3. The SMILES string of the molecule is c1ccc(-c2ccc(N(c3ccc4c(c3)oc3ccccc34)c3cc4cccc5c6cccc7ccc8cccc(c9cccc3c9c45)c8c76)cc2)cc1. The lowest BCUT2D eigenvalue weighted by atomic mass is 9.87. The minimum Gasteiger partial charge on any atom is -0.456 e. The van der Waals surface area contributed by atoms with Gasteiger partial charge < -0.3 is 9.32 Å². The number of furan rings is 1. The molecule has 11 aromatic carbocycles. The van der Waals surface area contributed by atoms with Gasteiger partial charge in [0.05, 0.1) is 5.69 Å². The minimum atomic E-state index is 0.874. The Morgan fingerprint density at radius 1 is 0.296 bits per heavy atom. The zero-order valence-corrected chi connectivity index (χ0v) is 29.3. The molecule has 0 aliphatic rings. The summed E-state index contributed by atoms with van der Waals surface area (Å²) in [6.45, 7) is 0. The molecule has 0 N–H and O–H groups in total. The molecule has 0 unspecified atom stereocenters. The van der Waals surface area contributed by atoms with E-state index in [9.17, 15) is 0 Å². The normalized spacial score (nSPS) is 12.1. The molecule has 0 saturated heterocycles. The Kier molecular flexibility index (Phi) is 6.09. The highest BCUT2D eigenvalue weighted by Crippen LogP contribution is 2.48. The summed E-state index contributed by atoms with van der Waals surface area (Å²) in [5, 5.41) is 17.5. The smallest absolute Gasteiger partial charge is 0.137 e. The van der Waals surface area contributed by atoms with E-state index in [1.165, 1.54) is 75.8 Å². The van der Waals surface area contributed by atoms with E-state index in [-0.39, 0.29) is 0 Å². The van der Waals surface area contributed by atoms with Crippen LogP contribution >= 0.6 is 0 Å². The van der Waals surface area contributed by atoms with Gasteiger partial charge in [-0.3, -0.25) is 0 Å². The highest BCUT2D eigenvalue weighted by molar-refractivity contribution is 6.38. The fourth-order valence-electron chi connectivity index (χ4n) is 9.18. The minimum absolute atomic E-state index is 0.874. The van der Waals surface area contributed by atoms with E-state index in [1.54, 1.807) is 0 Å². The number of para-hydroxylation sites is 1. The molecule has 250 valence electrons. The second-order valence-corrected chi connectivity index (χ2v) is 14.4. The summed E-state index contributed by atoms with van der Waals surface area (Å²) in [6, 6.07) is 68.7. The molecule has 0 aliphatic carbocycles. The predicted octanol–water partition coefficient (Wildman–Crippen LogP) is 15.1. The van der Waals surface area contributed by atoms with Crippen LogP contribution in [0.4, 0.5) is 17.1 Å². The zero-order valence-electron chi connectivity index (χ0n) is 29.3. The Morgan fingerprint density at radius 2 is 0.815 bits per heavy atom. The summed E-state index contributed by atoms with van der Waals surface area (Å²) in [4.78, 5) is 2.42. The monoisotopic (exact) mass is 685 g/mol. The van der Waals surface area contributed by atoms with E-state index in [1.807, 2.05) is 12.1 Å². The molecule has 1 heterocycles. The van der Waals surface area contributed by atoms with Crippen molar-refractivity contribution in [3.05, 3.63) is 188 Å². The van der Waals surface area contributed by atoms with Crippen molar-refractivity contribution in [3.63, 3.8) is 0 Å². The molecule has 0 aliphatic heterocycles. The first-order chi connectivity index (χ1) is 26.8. The summed E-state index contributed by atoms with van der Waals surface area (Å²) >= 11 is 0.